The molecule has 1 atom stereocenters. The first-order valence-corrected chi connectivity index (χ1v) is 6.37. The second-order valence-electron chi connectivity index (χ2n) is 4.73. The van der Waals surface area contributed by atoms with E-state index in [0.29, 0.717) is 6.04 Å². The summed E-state index contributed by atoms with van der Waals surface area (Å²) in [6.07, 6.45) is 2.61. The van der Waals surface area contributed by atoms with Crippen LogP contribution in [0.25, 0.3) is 0 Å². The molecule has 0 spiro atoms. The van der Waals surface area contributed by atoms with E-state index >= 15 is 0 Å². The van der Waals surface area contributed by atoms with Gasteiger partial charge in [0.2, 0.25) is 0 Å². The van der Waals surface area contributed by atoms with E-state index in [1.54, 1.807) is 7.11 Å². The van der Waals surface area contributed by atoms with Crippen molar-refractivity contribution in [3.63, 3.8) is 0 Å². The van der Waals surface area contributed by atoms with Crippen LogP contribution in [0.5, 0.6) is 5.75 Å². The standard InChI is InChI=1S/C14H22N2O/c1-11-8-12(5-6-14(11)17-2)9-15-10-13-4-3-7-16-13/h5-6,8,13,15-16H,3-4,7,9-10H2,1-2H3. The first-order valence-electron chi connectivity index (χ1n) is 6.37. The lowest BCUT2D eigenvalue weighted by Crippen LogP contribution is -2.33. The highest BCUT2D eigenvalue weighted by atomic mass is 16.5. The van der Waals surface area contributed by atoms with Crippen molar-refractivity contribution in [1.29, 1.82) is 0 Å². The molecule has 3 heteroatoms. The number of hydrogen-bond donors (Lipinski definition) is 2. The molecular weight excluding hydrogens is 212 g/mol. The number of ether oxygens (including phenoxy) is 1. The zero-order chi connectivity index (χ0) is 12.1. The third kappa shape index (κ3) is 3.45. The van der Waals surface area contributed by atoms with Gasteiger partial charge in [-0.25, -0.2) is 0 Å². The lowest BCUT2D eigenvalue weighted by molar-refractivity contribution is 0.411. The van der Waals surface area contributed by atoms with Crippen LogP contribution in [0.15, 0.2) is 18.2 Å². The minimum atomic E-state index is 0.661. The van der Waals surface area contributed by atoms with Gasteiger partial charge in [0.05, 0.1) is 7.11 Å². The molecule has 17 heavy (non-hydrogen) atoms. The summed E-state index contributed by atoms with van der Waals surface area (Å²) in [5.41, 5.74) is 2.52. The zero-order valence-electron chi connectivity index (χ0n) is 10.8. The van der Waals surface area contributed by atoms with Gasteiger partial charge in [-0.3, -0.25) is 0 Å². The Labute approximate surface area is 104 Å². The van der Waals surface area contributed by atoms with Crippen molar-refractivity contribution < 1.29 is 4.74 Å². The summed E-state index contributed by atoms with van der Waals surface area (Å²) >= 11 is 0. The Morgan fingerprint density at radius 2 is 2.35 bits per heavy atom. The van der Waals surface area contributed by atoms with Gasteiger partial charge in [-0.05, 0) is 43.5 Å². The third-order valence-corrected chi connectivity index (χ3v) is 3.34. The summed E-state index contributed by atoms with van der Waals surface area (Å²) in [5, 5.41) is 6.99. The third-order valence-electron chi connectivity index (χ3n) is 3.34. The lowest BCUT2D eigenvalue weighted by Gasteiger charge is -2.12. The summed E-state index contributed by atoms with van der Waals surface area (Å²) in [6, 6.07) is 7.02. The Kier molecular flexibility index (Phi) is 4.40. The number of aryl methyl sites for hydroxylation is 1. The van der Waals surface area contributed by atoms with Crippen LogP contribution in [-0.2, 0) is 6.54 Å². The topological polar surface area (TPSA) is 33.3 Å². The molecule has 1 saturated heterocycles. The molecule has 0 bridgehead atoms. The van der Waals surface area contributed by atoms with Gasteiger partial charge in [0, 0.05) is 19.1 Å². The molecule has 3 nitrogen and oxygen atoms in total. The van der Waals surface area contributed by atoms with Crippen molar-refractivity contribution in [2.45, 2.75) is 32.4 Å². The summed E-state index contributed by atoms with van der Waals surface area (Å²) in [5.74, 6) is 0.964. The van der Waals surface area contributed by atoms with Crippen LogP contribution in [0.1, 0.15) is 24.0 Å². The van der Waals surface area contributed by atoms with Gasteiger partial charge in [-0.1, -0.05) is 12.1 Å². The lowest BCUT2D eigenvalue weighted by atomic mass is 10.1. The second-order valence-corrected chi connectivity index (χ2v) is 4.73. The SMILES string of the molecule is COc1ccc(CNCC2CCCN2)cc1C. The van der Waals surface area contributed by atoms with Gasteiger partial charge >= 0.3 is 0 Å². The Hall–Kier alpha value is -1.06. The molecule has 1 heterocycles. The molecule has 1 aromatic rings. The maximum Gasteiger partial charge on any atom is 0.121 e. The number of hydrogen-bond acceptors (Lipinski definition) is 3. The molecule has 0 aromatic heterocycles. The van der Waals surface area contributed by atoms with Crippen LogP contribution in [0.3, 0.4) is 0 Å². The predicted octanol–water partition coefficient (Wildman–Crippen LogP) is 1.85. The summed E-state index contributed by atoms with van der Waals surface area (Å²) in [7, 11) is 1.71. The molecule has 0 aliphatic carbocycles. The van der Waals surface area contributed by atoms with E-state index in [2.05, 4.69) is 29.7 Å². The van der Waals surface area contributed by atoms with E-state index in [4.69, 9.17) is 4.74 Å². The molecule has 94 valence electrons. The van der Waals surface area contributed by atoms with Crippen molar-refractivity contribution in [3.8, 4) is 5.75 Å². The Bertz CT molecular complexity index is 359. The van der Waals surface area contributed by atoms with E-state index < -0.39 is 0 Å². The minimum Gasteiger partial charge on any atom is -0.496 e. The smallest absolute Gasteiger partial charge is 0.121 e. The summed E-state index contributed by atoms with van der Waals surface area (Å²) in [4.78, 5) is 0. The fourth-order valence-corrected chi connectivity index (χ4v) is 2.37. The first-order chi connectivity index (χ1) is 8.29. The fourth-order valence-electron chi connectivity index (χ4n) is 2.37. The van der Waals surface area contributed by atoms with Gasteiger partial charge in [0.15, 0.2) is 0 Å². The van der Waals surface area contributed by atoms with Crippen LogP contribution in [0, 0.1) is 6.92 Å². The zero-order valence-corrected chi connectivity index (χ0v) is 10.8. The molecule has 1 aromatic carbocycles. The largest absolute Gasteiger partial charge is 0.496 e. The first kappa shape index (κ1) is 12.4. The van der Waals surface area contributed by atoms with Crippen molar-refractivity contribution >= 4 is 0 Å². The van der Waals surface area contributed by atoms with Gasteiger partial charge in [-0.15, -0.1) is 0 Å². The maximum absolute atomic E-state index is 5.26. The Morgan fingerprint density at radius 3 is 3.00 bits per heavy atom. The number of methoxy groups -OCH3 is 1. The van der Waals surface area contributed by atoms with Crippen molar-refractivity contribution in [2.75, 3.05) is 20.2 Å². The molecule has 1 aliphatic rings. The normalized spacial score (nSPS) is 19.5. The van der Waals surface area contributed by atoms with Gasteiger partial charge in [0.1, 0.15) is 5.75 Å². The quantitative estimate of drug-likeness (QED) is 0.815. The maximum atomic E-state index is 5.26. The molecule has 1 unspecified atom stereocenters. The van der Waals surface area contributed by atoms with Crippen LogP contribution in [-0.4, -0.2) is 26.2 Å². The highest BCUT2D eigenvalue weighted by Gasteiger charge is 2.12. The summed E-state index contributed by atoms with van der Waals surface area (Å²) in [6.45, 7) is 5.25. The molecule has 1 aliphatic heterocycles. The van der Waals surface area contributed by atoms with E-state index in [1.165, 1.54) is 30.5 Å². The average molecular weight is 234 g/mol. The van der Waals surface area contributed by atoms with Gasteiger partial charge in [-0.2, -0.15) is 0 Å². The monoisotopic (exact) mass is 234 g/mol. The highest BCUT2D eigenvalue weighted by Crippen LogP contribution is 2.18. The van der Waals surface area contributed by atoms with E-state index in [0.717, 1.165) is 18.8 Å². The van der Waals surface area contributed by atoms with Crippen LogP contribution in [0.2, 0.25) is 0 Å². The van der Waals surface area contributed by atoms with Crippen molar-refractivity contribution in [1.82, 2.24) is 10.6 Å². The molecule has 1 fully saturated rings. The van der Waals surface area contributed by atoms with Crippen LogP contribution >= 0.6 is 0 Å². The molecule has 0 amide bonds. The fraction of sp³-hybridized carbons (Fsp3) is 0.571. The van der Waals surface area contributed by atoms with E-state index in [9.17, 15) is 0 Å². The summed E-state index contributed by atoms with van der Waals surface area (Å²) < 4.78 is 5.26. The molecular formula is C14H22N2O. The van der Waals surface area contributed by atoms with E-state index in [1.807, 2.05) is 6.07 Å². The molecule has 0 radical (unpaired) electrons. The van der Waals surface area contributed by atoms with Crippen LogP contribution in [0.4, 0.5) is 0 Å². The molecule has 2 rings (SSSR count). The second kappa shape index (κ2) is 6.03. The Morgan fingerprint density at radius 1 is 1.47 bits per heavy atom. The predicted molar refractivity (Wildman–Crippen MR) is 70.5 cm³/mol. The Balaban J connectivity index is 1.80. The number of nitrogens with one attached hydrogen (secondary N) is 2. The molecule has 0 saturated carbocycles. The van der Waals surface area contributed by atoms with Crippen molar-refractivity contribution in [3.05, 3.63) is 29.3 Å². The van der Waals surface area contributed by atoms with Crippen molar-refractivity contribution in [2.24, 2.45) is 0 Å². The average Bonchev–Trinajstić information content (AvgIpc) is 2.82. The molecule has 2 N–H and O–H groups in total. The highest BCUT2D eigenvalue weighted by molar-refractivity contribution is 5.36. The van der Waals surface area contributed by atoms with Gasteiger partial charge in [0.25, 0.3) is 0 Å². The number of benzene rings is 1. The van der Waals surface area contributed by atoms with Gasteiger partial charge < -0.3 is 15.4 Å². The van der Waals surface area contributed by atoms with E-state index in [-0.39, 0.29) is 0 Å². The minimum absolute atomic E-state index is 0.661. The number of rotatable bonds is 5. The van der Waals surface area contributed by atoms with Crippen LogP contribution < -0.4 is 15.4 Å².